The van der Waals surface area contributed by atoms with Crippen molar-refractivity contribution in [2.45, 2.75) is 18.9 Å². The van der Waals surface area contributed by atoms with Crippen molar-refractivity contribution >= 4 is 17.8 Å². The number of amides is 1. The summed E-state index contributed by atoms with van der Waals surface area (Å²) in [7, 11) is 1.22. The maximum absolute atomic E-state index is 13.2. The molecule has 2 atom stereocenters. The number of carbonyl (C=O) groups excluding carboxylic acids is 2. The molecular weight excluding hydrogens is 293 g/mol. The SMILES string of the molecule is COC(=O)C1CC(=O)N([C@@H](Cc2cccc(F)c2)C(=O)O)C1. The number of halogens is 1. The number of hydrogen-bond donors (Lipinski definition) is 1. The first-order valence-corrected chi connectivity index (χ1v) is 6.77. The fraction of sp³-hybridized carbons (Fsp3) is 0.400. The first-order chi connectivity index (χ1) is 10.4. The van der Waals surface area contributed by atoms with Gasteiger partial charge in [0.1, 0.15) is 11.9 Å². The lowest BCUT2D eigenvalue weighted by atomic mass is 10.0. The van der Waals surface area contributed by atoms with Crippen LogP contribution >= 0.6 is 0 Å². The molecule has 0 bridgehead atoms. The molecule has 1 aliphatic heterocycles. The number of methoxy groups -OCH3 is 1. The second-order valence-electron chi connectivity index (χ2n) is 5.16. The summed E-state index contributed by atoms with van der Waals surface area (Å²) in [5, 5.41) is 9.36. The van der Waals surface area contributed by atoms with Crippen LogP contribution in [0.3, 0.4) is 0 Å². The van der Waals surface area contributed by atoms with Gasteiger partial charge in [-0.05, 0) is 17.7 Å². The minimum atomic E-state index is -1.19. The molecule has 0 aromatic heterocycles. The van der Waals surface area contributed by atoms with E-state index in [9.17, 15) is 23.9 Å². The Morgan fingerprint density at radius 3 is 2.82 bits per heavy atom. The van der Waals surface area contributed by atoms with Crippen molar-refractivity contribution in [1.82, 2.24) is 4.90 Å². The molecule has 22 heavy (non-hydrogen) atoms. The highest BCUT2D eigenvalue weighted by Gasteiger charge is 2.41. The molecule has 2 rings (SSSR count). The van der Waals surface area contributed by atoms with Gasteiger partial charge in [0.15, 0.2) is 0 Å². The van der Waals surface area contributed by atoms with Gasteiger partial charge >= 0.3 is 11.9 Å². The Balaban J connectivity index is 2.16. The van der Waals surface area contributed by atoms with Gasteiger partial charge < -0.3 is 14.7 Å². The zero-order valence-corrected chi connectivity index (χ0v) is 12.0. The summed E-state index contributed by atoms with van der Waals surface area (Å²) in [5.74, 6) is -3.28. The summed E-state index contributed by atoms with van der Waals surface area (Å²) in [6.07, 6.45) is -0.0909. The average molecular weight is 309 g/mol. The van der Waals surface area contributed by atoms with Crippen molar-refractivity contribution in [3.05, 3.63) is 35.6 Å². The van der Waals surface area contributed by atoms with Crippen molar-refractivity contribution in [1.29, 1.82) is 0 Å². The number of likely N-dealkylation sites (tertiary alicyclic amines) is 1. The fourth-order valence-corrected chi connectivity index (χ4v) is 2.58. The Labute approximate surface area is 126 Å². The van der Waals surface area contributed by atoms with E-state index >= 15 is 0 Å². The summed E-state index contributed by atoms with van der Waals surface area (Å²) >= 11 is 0. The van der Waals surface area contributed by atoms with Crippen LogP contribution in [-0.4, -0.2) is 47.5 Å². The van der Waals surface area contributed by atoms with Gasteiger partial charge in [0.25, 0.3) is 0 Å². The Bertz CT molecular complexity index is 603. The van der Waals surface area contributed by atoms with Gasteiger partial charge in [0.2, 0.25) is 5.91 Å². The Morgan fingerprint density at radius 2 is 2.23 bits per heavy atom. The Kier molecular flexibility index (Phi) is 4.75. The molecule has 1 unspecified atom stereocenters. The molecule has 0 spiro atoms. The van der Waals surface area contributed by atoms with E-state index in [0.717, 1.165) is 4.90 Å². The first kappa shape index (κ1) is 15.9. The summed E-state index contributed by atoms with van der Waals surface area (Å²) in [6.45, 7) is -0.00219. The third-order valence-electron chi connectivity index (χ3n) is 3.67. The number of carboxylic acids is 1. The van der Waals surface area contributed by atoms with Crippen LogP contribution in [0.5, 0.6) is 0 Å². The quantitative estimate of drug-likeness (QED) is 0.815. The molecule has 1 amide bonds. The van der Waals surface area contributed by atoms with Crippen LogP contribution in [0.25, 0.3) is 0 Å². The molecule has 118 valence electrons. The van der Waals surface area contributed by atoms with Crippen LogP contribution in [0.1, 0.15) is 12.0 Å². The van der Waals surface area contributed by atoms with Gasteiger partial charge in [-0.15, -0.1) is 0 Å². The van der Waals surface area contributed by atoms with Gasteiger partial charge in [0.05, 0.1) is 13.0 Å². The van der Waals surface area contributed by atoms with E-state index in [1.807, 2.05) is 0 Å². The van der Waals surface area contributed by atoms with E-state index in [0.29, 0.717) is 5.56 Å². The lowest BCUT2D eigenvalue weighted by Crippen LogP contribution is -2.44. The molecule has 1 fully saturated rings. The lowest BCUT2D eigenvalue weighted by molar-refractivity contribution is -0.148. The third-order valence-corrected chi connectivity index (χ3v) is 3.67. The average Bonchev–Trinajstić information content (AvgIpc) is 2.85. The van der Waals surface area contributed by atoms with Crippen LogP contribution in [-0.2, 0) is 25.5 Å². The van der Waals surface area contributed by atoms with Crippen LogP contribution in [0.4, 0.5) is 4.39 Å². The smallest absolute Gasteiger partial charge is 0.326 e. The molecule has 0 aliphatic carbocycles. The van der Waals surface area contributed by atoms with E-state index in [1.165, 1.54) is 25.3 Å². The highest BCUT2D eigenvalue weighted by atomic mass is 19.1. The van der Waals surface area contributed by atoms with Gasteiger partial charge in [-0.2, -0.15) is 0 Å². The molecule has 1 heterocycles. The van der Waals surface area contributed by atoms with Crippen molar-refractivity contribution in [3.8, 4) is 0 Å². The topological polar surface area (TPSA) is 83.9 Å². The number of hydrogen-bond acceptors (Lipinski definition) is 4. The lowest BCUT2D eigenvalue weighted by Gasteiger charge is -2.24. The molecule has 7 heteroatoms. The first-order valence-electron chi connectivity index (χ1n) is 6.77. The minimum Gasteiger partial charge on any atom is -0.480 e. The predicted molar refractivity (Wildman–Crippen MR) is 73.4 cm³/mol. The van der Waals surface area contributed by atoms with Crippen LogP contribution < -0.4 is 0 Å². The summed E-state index contributed by atoms with van der Waals surface area (Å²) in [4.78, 5) is 36.1. The van der Waals surface area contributed by atoms with Crippen molar-refractivity contribution in [2.75, 3.05) is 13.7 Å². The fourth-order valence-electron chi connectivity index (χ4n) is 2.58. The second kappa shape index (κ2) is 6.55. The molecule has 6 nitrogen and oxygen atoms in total. The molecule has 1 saturated heterocycles. The number of carboxylic acid groups (broad SMARTS) is 1. The van der Waals surface area contributed by atoms with Gasteiger partial charge in [-0.1, -0.05) is 12.1 Å². The van der Waals surface area contributed by atoms with Crippen molar-refractivity contribution in [2.24, 2.45) is 5.92 Å². The number of aliphatic carboxylic acids is 1. The number of nitrogens with zero attached hydrogens (tertiary/aromatic N) is 1. The predicted octanol–water partition coefficient (Wildman–Crippen LogP) is 0.843. The largest absolute Gasteiger partial charge is 0.480 e. The molecule has 0 saturated carbocycles. The third kappa shape index (κ3) is 3.41. The van der Waals surface area contributed by atoms with E-state index < -0.39 is 35.6 Å². The van der Waals surface area contributed by atoms with Crippen LogP contribution in [0.15, 0.2) is 24.3 Å². The van der Waals surface area contributed by atoms with Crippen molar-refractivity contribution in [3.63, 3.8) is 0 Å². The summed E-state index contributed by atoms with van der Waals surface area (Å²) in [5.41, 5.74) is 0.474. The number of carbonyl (C=O) groups is 3. The zero-order chi connectivity index (χ0) is 16.3. The maximum Gasteiger partial charge on any atom is 0.326 e. The molecule has 1 aliphatic rings. The number of benzene rings is 1. The monoisotopic (exact) mass is 309 g/mol. The van der Waals surface area contributed by atoms with E-state index in [2.05, 4.69) is 4.74 Å². The zero-order valence-electron chi connectivity index (χ0n) is 12.0. The van der Waals surface area contributed by atoms with Gasteiger partial charge in [-0.25, -0.2) is 9.18 Å². The van der Waals surface area contributed by atoms with E-state index in [-0.39, 0.29) is 19.4 Å². The van der Waals surface area contributed by atoms with E-state index in [1.54, 1.807) is 6.07 Å². The summed E-state index contributed by atoms with van der Waals surface area (Å²) < 4.78 is 17.8. The Hall–Kier alpha value is -2.44. The minimum absolute atomic E-state index is 0.00219. The van der Waals surface area contributed by atoms with Crippen molar-refractivity contribution < 1.29 is 28.6 Å². The molecule has 1 aromatic carbocycles. The maximum atomic E-state index is 13.2. The number of esters is 1. The van der Waals surface area contributed by atoms with Crippen LogP contribution in [0.2, 0.25) is 0 Å². The highest BCUT2D eigenvalue weighted by Crippen LogP contribution is 2.23. The normalized spacial score (nSPS) is 19.1. The second-order valence-corrected chi connectivity index (χ2v) is 5.16. The summed E-state index contributed by atoms with van der Waals surface area (Å²) in [6, 6.07) is 4.43. The molecule has 1 N–H and O–H groups in total. The van der Waals surface area contributed by atoms with Gasteiger partial charge in [-0.3, -0.25) is 9.59 Å². The standard InChI is InChI=1S/C15H16FNO5/c1-22-15(21)10-7-13(18)17(8-10)12(14(19)20)6-9-3-2-4-11(16)5-9/h2-5,10,12H,6-8H2,1H3,(H,19,20)/t10?,12-/m0/s1. The van der Waals surface area contributed by atoms with Gasteiger partial charge in [0, 0.05) is 19.4 Å². The molecule has 1 aromatic rings. The highest BCUT2D eigenvalue weighted by molar-refractivity contribution is 5.90. The Morgan fingerprint density at radius 1 is 1.50 bits per heavy atom. The molecular formula is C15H16FNO5. The van der Waals surface area contributed by atoms with Crippen LogP contribution in [0, 0.1) is 11.7 Å². The van der Waals surface area contributed by atoms with E-state index in [4.69, 9.17) is 0 Å². The number of rotatable bonds is 5. The molecule has 0 radical (unpaired) electrons. The number of ether oxygens (including phenoxy) is 1.